The summed E-state index contributed by atoms with van der Waals surface area (Å²) < 4.78 is 12.9. The van der Waals surface area contributed by atoms with Crippen LogP contribution in [0.2, 0.25) is 0 Å². The Morgan fingerprint density at radius 1 is 1.24 bits per heavy atom. The molecule has 0 radical (unpaired) electrons. The fourth-order valence-corrected chi connectivity index (χ4v) is 2.22. The highest BCUT2D eigenvalue weighted by Crippen LogP contribution is 2.26. The lowest BCUT2D eigenvalue weighted by Crippen LogP contribution is -2.19. The van der Waals surface area contributed by atoms with Crippen molar-refractivity contribution < 1.29 is 9.31 Å². The van der Waals surface area contributed by atoms with E-state index in [-0.39, 0.29) is 17.5 Å². The maximum Gasteiger partial charge on any atom is 0.292 e. The topological polar surface area (TPSA) is 55.2 Å². The highest BCUT2D eigenvalue weighted by Gasteiger charge is 2.15. The van der Waals surface area contributed by atoms with Crippen molar-refractivity contribution in [3.8, 4) is 0 Å². The number of hydrogen-bond acceptors (Lipinski definition) is 3. The fourth-order valence-electron chi connectivity index (χ4n) is 2.22. The average Bonchev–Trinajstić information content (AvgIpc) is 2.41. The standard InChI is InChI=1S/C16H17FN2O2/c1-11-3-8-16(19(20)21)15(9-11)18-12(2)10-13-4-6-14(17)7-5-13/h3-9,12,18H,10H2,1-2H3. The molecule has 1 N–H and O–H groups in total. The minimum atomic E-state index is -0.396. The van der Waals surface area contributed by atoms with Gasteiger partial charge in [-0.15, -0.1) is 0 Å². The van der Waals surface area contributed by atoms with E-state index in [1.165, 1.54) is 18.2 Å². The van der Waals surface area contributed by atoms with E-state index in [4.69, 9.17) is 0 Å². The van der Waals surface area contributed by atoms with Gasteiger partial charge in [0.15, 0.2) is 0 Å². The minimum Gasteiger partial charge on any atom is -0.377 e. The Kier molecular flexibility index (Phi) is 4.52. The Balaban J connectivity index is 2.12. The van der Waals surface area contributed by atoms with Crippen LogP contribution in [0.1, 0.15) is 18.1 Å². The van der Waals surface area contributed by atoms with E-state index in [1.54, 1.807) is 24.3 Å². The maximum absolute atomic E-state index is 12.9. The number of benzene rings is 2. The number of nitro benzene ring substituents is 1. The summed E-state index contributed by atoms with van der Waals surface area (Å²) in [7, 11) is 0. The molecule has 4 nitrogen and oxygen atoms in total. The van der Waals surface area contributed by atoms with Gasteiger partial charge in [0.05, 0.1) is 4.92 Å². The lowest BCUT2D eigenvalue weighted by Gasteiger charge is -2.16. The Bertz CT molecular complexity index is 641. The van der Waals surface area contributed by atoms with E-state index in [0.29, 0.717) is 12.1 Å². The third-order valence-electron chi connectivity index (χ3n) is 3.21. The molecule has 0 heterocycles. The van der Waals surface area contributed by atoms with Crippen LogP contribution in [-0.2, 0) is 6.42 Å². The molecule has 0 amide bonds. The van der Waals surface area contributed by atoms with Gasteiger partial charge in [-0.05, 0) is 49.6 Å². The first-order valence-corrected chi connectivity index (χ1v) is 6.71. The Morgan fingerprint density at radius 3 is 2.52 bits per heavy atom. The average molecular weight is 288 g/mol. The van der Waals surface area contributed by atoms with Crippen molar-refractivity contribution in [2.75, 3.05) is 5.32 Å². The molecule has 0 saturated carbocycles. The molecule has 2 aromatic carbocycles. The van der Waals surface area contributed by atoms with Crippen LogP contribution < -0.4 is 5.32 Å². The summed E-state index contributed by atoms with van der Waals surface area (Å²) in [4.78, 5) is 10.6. The number of aryl methyl sites for hydroxylation is 1. The van der Waals surface area contributed by atoms with E-state index in [0.717, 1.165) is 11.1 Å². The molecule has 110 valence electrons. The second-order valence-electron chi connectivity index (χ2n) is 5.15. The zero-order chi connectivity index (χ0) is 15.4. The van der Waals surface area contributed by atoms with Crippen LogP contribution in [0.15, 0.2) is 42.5 Å². The van der Waals surface area contributed by atoms with Crippen LogP contribution >= 0.6 is 0 Å². The Morgan fingerprint density at radius 2 is 1.90 bits per heavy atom. The van der Waals surface area contributed by atoms with E-state index < -0.39 is 4.92 Å². The molecule has 0 aromatic heterocycles. The fraction of sp³-hybridized carbons (Fsp3) is 0.250. The van der Waals surface area contributed by atoms with Gasteiger partial charge in [-0.1, -0.05) is 18.2 Å². The van der Waals surface area contributed by atoms with Crippen molar-refractivity contribution in [3.63, 3.8) is 0 Å². The molecule has 0 aliphatic carbocycles. The van der Waals surface area contributed by atoms with Crippen molar-refractivity contribution in [3.05, 3.63) is 69.5 Å². The number of nitro groups is 1. The van der Waals surface area contributed by atoms with Gasteiger partial charge in [0.2, 0.25) is 0 Å². The van der Waals surface area contributed by atoms with E-state index in [1.807, 2.05) is 13.8 Å². The number of halogens is 1. The second-order valence-corrected chi connectivity index (χ2v) is 5.15. The molecule has 0 bridgehead atoms. The van der Waals surface area contributed by atoms with Gasteiger partial charge >= 0.3 is 0 Å². The predicted molar refractivity (Wildman–Crippen MR) is 81.0 cm³/mol. The van der Waals surface area contributed by atoms with Gasteiger partial charge in [0, 0.05) is 12.1 Å². The molecule has 0 aliphatic heterocycles. The van der Waals surface area contributed by atoms with Crippen molar-refractivity contribution in [2.24, 2.45) is 0 Å². The highest BCUT2D eigenvalue weighted by atomic mass is 19.1. The molecule has 0 saturated heterocycles. The van der Waals surface area contributed by atoms with Crippen LogP contribution in [0.3, 0.4) is 0 Å². The third kappa shape index (κ3) is 4.02. The predicted octanol–water partition coefficient (Wildman–Crippen LogP) is 4.09. The van der Waals surface area contributed by atoms with Crippen LogP contribution in [0.4, 0.5) is 15.8 Å². The number of rotatable bonds is 5. The first-order valence-electron chi connectivity index (χ1n) is 6.71. The Hall–Kier alpha value is -2.43. The number of nitrogens with zero attached hydrogens (tertiary/aromatic N) is 1. The highest BCUT2D eigenvalue weighted by molar-refractivity contribution is 5.63. The molecule has 1 atom stereocenters. The molecule has 21 heavy (non-hydrogen) atoms. The largest absolute Gasteiger partial charge is 0.377 e. The van der Waals surface area contributed by atoms with Crippen LogP contribution in [0, 0.1) is 22.9 Å². The molecule has 2 rings (SSSR count). The quantitative estimate of drug-likeness (QED) is 0.666. The van der Waals surface area contributed by atoms with Gasteiger partial charge in [0.25, 0.3) is 5.69 Å². The van der Waals surface area contributed by atoms with Crippen molar-refractivity contribution >= 4 is 11.4 Å². The third-order valence-corrected chi connectivity index (χ3v) is 3.21. The minimum absolute atomic E-state index is 0.00374. The number of anilines is 1. The lowest BCUT2D eigenvalue weighted by molar-refractivity contribution is -0.384. The zero-order valence-corrected chi connectivity index (χ0v) is 12.0. The summed E-state index contributed by atoms with van der Waals surface area (Å²) in [6.07, 6.45) is 0.658. The smallest absolute Gasteiger partial charge is 0.292 e. The molecular formula is C16H17FN2O2. The first kappa shape index (κ1) is 15.0. The molecule has 5 heteroatoms. The van der Waals surface area contributed by atoms with Gasteiger partial charge in [-0.2, -0.15) is 0 Å². The molecule has 1 unspecified atom stereocenters. The first-order chi connectivity index (χ1) is 9.95. The number of hydrogen-bond donors (Lipinski definition) is 1. The van der Waals surface area contributed by atoms with E-state index in [2.05, 4.69) is 5.32 Å². The SMILES string of the molecule is Cc1ccc([N+](=O)[O-])c(NC(C)Cc2ccc(F)cc2)c1. The maximum atomic E-state index is 12.9. The van der Waals surface area contributed by atoms with Gasteiger partial charge in [-0.3, -0.25) is 10.1 Å². The van der Waals surface area contributed by atoms with Crippen molar-refractivity contribution in [1.82, 2.24) is 0 Å². The van der Waals surface area contributed by atoms with Crippen molar-refractivity contribution in [2.45, 2.75) is 26.3 Å². The zero-order valence-electron chi connectivity index (χ0n) is 12.0. The van der Waals surface area contributed by atoms with Crippen LogP contribution in [0.5, 0.6) is 0 Å². The molecule has 0 spiro atoms. The van der Waals surface area contributed by atoms with Crippen LogP contribution in [-0.4, -0.2) is 11.0 Å². The Labute approximate surface area is 122 Å². The van der Waals surface area contributed by atoms with Crippen LogP contribution in [0.25, 0.3) is 0 Å². The normalized spacial score (nSPS) is 12.0. The summed E-state index contributed by atoms with van der Waals surface area (Å²) in [5.41, 5.74) is 2.50. The van der Waals surface area contributed by atoms with Gasteiger partial charge < -0.3 is 5.32 Å². The summed E-state index contributed by atoms with van der Waals surface area (Å²) in [5.74, 6) is -0.270. The molecule has 0 aliphatic rings. The number of nitrogens with one attached hydrogen (secondary N) is 1. The van der Waals surface area contributed by atoms with Gasteiger partial charge in [-0.25, -0.2) is 4.39 Å². The molecule has 0 fully saturated rings. The summed E-state index contributed by atoms with van der Waals surface area (Å²) >= 11 is 0. The molecular weight excluding hydrogens is 271 g/mol. The lowest BCUT2D eigenvalue weighted by atomic mass is 10.1. The van der Waals surface area contributed by atoms with E-state index >= 15 is 0 Å². The van der Waals surface area contributed by atoms with Gasteiger partial charge in [0.1, 0.15) is 11.5 Å². The summed E-state index contributed by atoms with van der Waals surface area (Å²) in [5, 5.41) is 14.2. The molecule has 2 aromatic rings. The summed E-state index contributed by atoms with van der Waals surface area (Å²) in [6, 6.07) is 11.2. The second kappa shape index (κ2) is 6.35. The van der Waals surface area contributed by atoms with Crippen molar-refractivity contribution in [1.29, 1.82) is 0 Å². The van der Waals surface area contributed by atoms with E-state index in [9.17, 15) is 14.5 Å². The monoisotopic (exact) mass is 288 g/mol. The summed E-state index contributed by atoms with van der Waals surface area (Å²) in [6.45, 7) is 3.83.